The van der Waals surface area contributed by atoms with Crippen molar-refractivity contribution >= 4 is 23.2 Å². The maximum atomic E-state index is 5.68. The van der Waals surface area contributed by atoms with Gasteiger partial charge in [0.25, 0.3) is 0 Å². The topological polar surface area (TPSA) is 50.3 Å². The summed E-state index contributed by atoms with van der Waals surface area (Å²) in [4.78, 5) is 9.56. The number of aryl methyl sites for hydroxylation is 1. The highest BCUT2D eigenvalue weighted by atomic mass is 32.1. The highest BCUT2D eigenvalue weighted by molar-refractivity contribution is 7.80. The van der Waals surface area contributed by atoms with E-state index in [-0.39, 0.29) is 6.04 Å². The fourth-order valence-corrected chi connectivity index (χ4v) is 2.30. The molecule has 0 bridgehead atoms. The van der Waals surface area contributed by atoms with Gasteiger partial charge in [0.15, 0.2) is 0 Å². The molecule has 1 aromatic heterocycles. The Labute approximate surface area is 107 Å². The van der Waals surface area contributed by atoms with Gasteiger partial charge in [-0.2, -0.15) is 0 Å². The molecule has 1 aliphatic heterocycles. The van der Waals surface area contributed by atoms with Crippen LogP contribution >= 0.6 is 12.2 Å². The fraction of sp³-hybridized carbons (Fsp3) is 0.636. The second kappa shape index (κ2) is 5.01. The van der Waals surface area contributed by atoms with Crippen LogP contribution in [0.15, 0.2) is 12.4 Å². The minimum Gasteiger partial charge on any atom is -0.392 e. The average Bonchev–Trinajstić information content (AvgIpc) is 2.74. The number of hydrogen-bond donors (Lipinski definition) is 1. The van der Waals surface area contributed by atoms with E-state index in [1.807, 2.05) is 24.0 Å². The summed E-state index contributed by atoms with van der Waals surface area (Å²) in [6.45, 7) is 5.96. The first-order chi connectivity index (χ1) is 8.09. The van der Waals surface area contributed by atoms with Gasteiger partial charge in [-0.1, -0.05) is 12.2 Å². The van der Waals surface area contributed by atoms with E-state index in [1.54, 1.807) is 0 Å². The number of rotatable bonds is 3. The van der Waals surface area contributed by atoms with Crippen molar-refractivity contribution in [3.8, 4) is 0 Å². The van der Waals surface area contributed by atoms with E-state index >= 15 is 0 Å². The van der Waals surface area contributed by atoms with E-state index in [1.165, 1.54) is 0 Å². The molecule has 1 unspecified atom stereocenters. The van der Waals surface area contributed by atoms with Crippen molar-refractivity contribution in [2.75, 3.05) is 31.1 Å². The number of hydrogen-bond acceptors (Lipinski definition) is 4. The molecule has 1 atom stereocenters. The van der Waals surface area contributed by atoms with Crippen LogP contribution in [-0.4, -0.2) is 51.7 Å². The number of nitrogens with zero attached hydrogens (tertiary/aromatic N) is 4. The number of thiocarbonyl (C=S) groups is 1. The molecule has 0 saturated carbocycles. The number of aromatic nitrogens is 2. The number of piperazine rings is 1. The summed E-state index contributed by atoms with van der Waals surface area (Å²) in [5, 5.41) is 0. The summed E-state index contributed by atoms with van der Waals surface area (Å²) in [7, 11) is 2.02. The average molecular weight is 253 g/mol. The van der Waals surface area contributed by atoms with E-state index in [0.717, 1.165) is 32.1 Å². The third-order valence-electron chi connectivity index (χ3n) is 3.35. The van der Waals surface area contributed by atoms with Crippen molar-refractivity contribution in [1.82, 2.24) is 14.5 Å². The summed E-state index contributed by atoms with van der Waals surface area (Å²) in [5.41, 5.74) is 5.68. The molecule has 17 heavy (non-hydrogen) atoms. The molecule has 0 aliphatic carbocycles. The quantitative estimate of drug-likeness (QED) is 0.781. The third kappa shape index (κ3) is 2.58. The minimum absolute atomic E-state index is 0.188. The van der Waals surface area contributed by atoms with Crippen LogP contribution in [0, 0.1) is 0 Å². The predicted molar refractivity (Wildman–Crippen MR) is 73.2 cm³/mol. The lowest BCUT2D eigenvalue weighted by molar-refractivity contribution is 0.238. The maximum Gasteiger partial charge on any atom is 0.205 e. The lowest BCUT2D eigenvalue weighted by atomic mass is 10.2. The molecule has 1 aliphatic rings. The van der Waals surface area contributed by atoms with E-state index in [9.17, 15) is 0 Å². The second-order valence-electron chi connectivity index (χ2n) is 4.44. The lowest BCUT2D eigenvalue weighted by Gasteiger charge is -2.38. The normalized spacial score (nSPS) is 19.3. The van der Waals surface area contributed by atoms with Crippen LogP contribution in [0.3, 0.4) is 0 Å². The number of imidazole rings is 1. The zero-order valence-corrected chi connectivity index (χ0v) is 11.2. The zero-order valence-electron chi connectivity index (χ0n) is 10.3. The van der Waals surface area contributed by atoms with Crippen LogP contribution in [0.5, 0.6) is 0 Å². The van der Waals surface area contributed by atoms with Gasteiger partial charge in [-0.25, -0.2) is 4.98 Å². The molecule has 2 N–H and O–H groups in total. The first-order valence-electron chi connectivity index (χ1n) is 5.85. The van der Waals surface area contributed by atoms with Gasteiger partial charge >= 0.3 is 0 Å². The smallest absolute Gasteiger partial charge is 0.205 e. The molecule has 1 fully saturated rings. The molecule has 6 heteroatoms. The molecule has 0 aromatic carbocycles. The van der Waals surface area contributed by atoms with Gasteiger partial charge in [0.05, 0.1) is 11.0 Å². The predicted octanol–water partition coefficient (Wildman–Crippen LogP) is 0.217. The highest BCUT2D eigenvalue weighted by Gasteiger charge is 2.23. The molecule has 1 aromatic rings. The van der Waals surface area contributed by atoms with Gasteiger partial charge in [-0.05, 0) is 6.92 Å². The van der Waals surface area contributed by atoms with Crippen LogP contribution in [0.1, 0.15) is 6.92 Å². The van der Waals surface area contributed by atoms with Crippen LogP contribution in [-0.2, 0) is 7.05 Å². The van der Waals surface area contributed by atoms with Gasteiger partial charge in [0, 0.05) is 45.6 Å². The first-order valence-corrected chi connectivity index (χ1v) is 6.26. The Bertz CT molecular complexity index is 394. The lowest BCUT2D eigenvalue weighted by Crippen LogP contribution is -2.53. The van der Waals surface area contributed by atoms with Crippen LogP contribution in [0.2, 0.25) is 0 Å². The van der Waals surface area contributed by atoms with Gasteiger partial charge in [0.2, 0.25) is 5.95 Å². The van der Waals surface area contributed by atoms with Crippen LogP contribution in [0.4, 0.5) is 5.95 Å². The Balaban J connectivity index is 1.95. The van der Waals surface area contributed by atoms with Crippen molar-refractivity contribution in [2.45, 2.75) is 13.0 Å². The van der Waals surface area contributed by atoms with Gasteiger partial charge in [-0.3, -0.25) is 4.90 Å². The molecule has 1 saturated heterocycles. The Hall–Kier alpha value is -1.14. The maximum absolute atomic E-state index is 5.68. The van der Waals surface area contributed by atoms with Gasteiger partial charge in [0.1, 0.15) is 0 Å². The molecule has 5 nitrogen and oxygen atoms in total. The Kier molecular flexibility index (Phi) is 3.63. The largest absolute Gasteiger partial charge is 0.392 e. The summed E-state index contributed by atoms with van der Waals surface area (Å²) < 4.78 is 2.05. The molecule has 0 spiro atoms. The molecular weight excluding hydrogens is 234 g/mol. The van der Waals surface area contributed by atoms with E-state index in [4.69, 9.17) is 18.0 Å². The standard InChI is InChI=1S/C11H19N5S/c1-9(10(12)17)15-5-7-16(8-6-15)11-13-3-4-14(11)2/h3-4,9H,5-8H2,1-2H3,(H2,12,17). The van der Waals surface area contributed by atoms with Crippen molar-refractivity contribution in [1.29, 1.82) is 0 Å². The zero-order chi connectivity index (χ0) is 12.4. The first kappa shape index (κ1) is 12.3. The minimum atomic E-state index is 0.188. The summed E-state index contributed by atoms with van der Waals surface area (Å²) in [6, 6.07) is 0.188. The number of nitrogens with two attached hydrogens (primary N) is 1. The van der Waals surface area contributed by atoms with E-state index in [2.05, 4.69) is 21.7 Å². The van der Waals surface area contributed by atoms with E-state index < -0.39 is 0 Å². The molecule has 0 amide bonds. The van der Waals surface area contributed by atoms with Crippen LogP contribution in [0.25, 0.3) is 0 Å². The monoisotopic (exact) mass is 253 g/mol. The second-order valence-corrected chi connectivity index (χ2v) is 4.91. The molecular formula is C11H19N5S. The van der Waals surface area contributed by atoms with Crippen molar-refractivity contribution in [2.24, 2.45) is 12.8 Å². The number of anilines is 1. The Morgan fingerprint density at radius 3 is 2.53 bits per heavy atom. The molecule has 2 heterocycles. The molecule has 2 rings (SSSR count). The van der Waals surface area contributed by atoms with Crippen molar-refractivity contribution in [3.05, 3.63) is 12.4 Å². The van der Waals surface area contributed by atoms with Crippen LogP contribution < -0.4 is 10.6 Å². The van der Waals surface area contributed by atoms with Crippen molar-refractivity contribution in [3.63, 3.8) is 0 Å². The summed E-state index contributed by atoms with van der Waals surface area (Å²) >= 11 is 5.03. The molecule has 0 radical (unpaired) electrons. The Morgan fingerprint density at radius 2 is 2.06 bits per heavy atom. The Morgan fingerprint density at radius 1 is 1.41 bits per heavy atom. The van der Waals surface area contributed by atoms with E-state index in [0.29, 0.717) is 4.99 Å². The molecule has 94 valence electrons. The van der Waals surface area contributed by atoms with Gasteiger partial charge in [-0.15, -0.1) is 0 Å². The van der Waals surface area contributed by atoms with Crippen molar-refractivity contribution < 1.29 is 0 Å². The highest BCUT2D eigenvalue weighted by Crippen LogP contribution is 2.14. The van der Waals surface area contributed by atoms with Gasteiger partial charge < -0.3 is 15.2 Å². The third-order valence-corrected chi connectivity index (χ3v) is 3.69. The summed E-state index contributed by atoms with van der Waals surface area (Å²) in [5.74, 6) is 1.03. The SMILES string of the molecule is CC(C(N)=S)N1CCN(c2nccn2C)CC1. The summed E-state index contributed by atoms with van der Waals surface area (Å²) in [6.07, 6.45) is 3.80. The fourth-order valence-electron chi connectivity index (χ4n) is 2.15.